The molecule has 0 spiro atoms. The van der Waals surface area contributed by atoms with E-state index in [-0.39, 0.29) is 11.3 Å². The van der Waals surface area contributed by atoms with E-state index >= 15 is 0 Å². The third-order valence-electron chi connectivity index (χ3n) is 3.87. The number of nitrogens with two attached hydrogens (primary N) is 1. The molecule has 0 aliphatic heterocycles. The predicted molar refractivity (Wildman–Crippen MR) is 101 cm³/mol. The van der Waals surface area contributed by atoms with Gasteiger partial charge in [0.1, 0.15) is 16.4 Å². The van der Waals surface area contributed by atoms with Crippen molar-refractivity contribution in [2.45, 2.75) is 13.0 Å². The van der Waals surface area contributed by atoms with Crippen LogP contribution in [0.25, 0.3) is 10.9 Å². The molecule has 1 atom stereocenters. The number of esters is 1. The maximum Gasteiger partial charge on any atom is 0.355 e. The van der Waals surface area contributed by atoms with Crippen LogP contribution in [0.3, 0.4) is 0 Å². The van der Waals surface area contributed by atoms with Gasteiger partial charge in [-0.3, -0.25) is 9.59 Å². The molecule has 2 amide bonds. The largest absolute Gasteiger partial charge is 0.497 e. The molecule has 2 aromatic heterocycles. The molecule has 1 aromatic carbocycles. The minimum Gasteiger partial charge on any atom is -0.497 e. The number of ether oxygens (including phenoxy) is 2. The molecule has 0 bridgehead atoms. The van der Waals surface area contributed by atoms with Gasteiger partial charge in [0.15, 0.2) is 6.10 Å². The fourth-order valence-corrected chi connectivity index (χ4v) is 3.23. The molecule has 3 aromatic rings. The quantitative estimate of drug-likeness (QED) is 0.561. The molecule has 3 rings (SSSR count). The van der Waals surface area contributed by atoms with Gasteiger partial charge in [0.05, 0.1) is 12.7 Å². The normalized spacial score (nSPS) is 11.8. The Kier molecular flexibility index (Phi) is 5.13. The first kappa shape index (κ1) is 18.5. The number of benzene rings is 1. The number of aromatic nitrogens is 1. The standard InChI is InChI=1S/C18H17N3O5S/c1-9(16(23)21-17-12(15(19)22)5-6-27-17)26-18(24)14-7-10-3-4-11(25-2)8-13(10)20-14/h3-9,20H,1-2H3,(H2,19,22)(H,21,23). The molecule has 8 nitrogen and oxygen atoms in total. The van der Waals surface area contributed by atoms with Crippen LogP contribution in [0.15, 0.2) is 35.7 Å². The molecular weight excluding hydrogens is 370 g/mol. The summed E-state index contributed by atoms with van der Waals surface area (Å²) in [4.78, 5) is 38.8. The van der Waals surface area contributed by atoms with E-state index in [1.54, 1.807) is 36.8 Å². The van der Waals surface area contributed by atoms with Gasteiger partial charge in [-0.05, 0) is 36.6 Å². The van der Waals surface area contributed by atoms with E-state index in [1.807, 2.05) is 0 Å². The molecule has 0 radical (unpaired) electrons. The summed E-state index contributed by atoms with van der Waals surface area (Å²) < 4.78 is 10.4. The van der Waals surface area contributed by atoms with Crippen LogP contribution in [0.5, 0.6) is 5.75 Å². The average Bonchev–Trinajstić information content (AvgIpc) is 3.27. The Morgan fingerprint density at radius 2 is 2.00 bits per heavy atom. The van der Waals surface area contributed by atoms with E-state index in [0.29, 0.717) is 16.3 Å². The minimum absolute atomic E-state index is 0.205. The lowest BCUT2D eigenvalue weighted by Crippen LogP contribution is -2.30. The number of fused-ring (bicyclic) bond motifs is 1. The first-order valence-corrected chi connectivity index (χ1v) is 8.83. The number of aromatic amines is 1. The molecule has 0 fully saturated rings. The van der Waals surface area contributed by atoms with Crippen molar-refractivity contribution in [3.8, 4) is 5.75 Å². The highest BCUT2D eigenvalue weighted by Gasteiger charge is 2.22. The van der Waals surface area contributed by atoms with Crippen LogP contribution < -0.4 is 15.8 Å². The lowest BCUT2D eigenvalue weighted by atomic mass is 10.2. The number of methoxy groups -OCH3 is 1. The summed E-state index contributed by atoms with van der Waals surface area (Å²) in [5.74, 6) is -1.23. The Balaban J connectivity index is 1.68. The zero-order chi connectivity index (χ0) is 19.6. The van der Waals surface area contributed by atoms with E-state index < -0.39 is 23.9 Å². The van der Waals surface area contributed by atoms with E-state index in [1.165, 1.54) is 13.0 Å². The van der Waals surface area contributed by atoms with Crippen LogP contribution in [0.2, 0.25) is 0 Å². The Bertz CT molecular complexity index is 1020. The molecule has 0 aliphatic rings. The van der Waals surface area contributed by atoms with Gasteiger partial charge < -0.3 is 25.5 Å². The summed E-state index contributed by atoms with van der Waals surface area (Å²) >= 11 is 1.15. The van der Waals surface area contributed by atoms with Crippen LogP contribution in [0.1, 0.15) is 27.8 Å². The lowest BCUT2D eigenvalue weighted by Gasteiger charge is -2.12. The summed E-state index contributed by atoms with van der Waals surface area (Å²) in [5.41, 5.74) is 6.37. The lowest BCUT2D eigenvalue weighted by molar-refractivity contribution is -0.123. The van der Waals surface area contributed by atoms with Crippen molar-refractivity contribution in [3.05, 3.63) is 47.0 Å². The highest BCUT2D eigenvalue weighted by atomic mass is 32.1. The number of amides is 2. The number of primary amides is 1. The Labute approximate surface area is 158 Å². The van der Waals surface area contributed by atoms with E-state index in [4.69, 9.17) is 15.2 Å². The van der Waals surface area contributed by atoms with E-state index in [0.717, 1.165) is 16.7 Å². The molecule has 140 valence electrons. The molecule has 0 saturated heterocycles. The topological polar surface area (TPSA) is 124 Å². The van der Waals surface area contributed by atoms with Crippen molar-refractivity contribution < 1.29 is 23.9 Å². The van der Waals surface area contributed by atoms with Gasteiger partial charge in [0, 0.05) is 17.0 Å². The summed E-state index contributed by atoms with van der Waals surface area (Å²) in [6.45, 7) is 1.44. The van der Waals surface area contributed by atoms with Crippen LogP contribution in [0, 0.1) is 0 Å². The van der Waals surface area contributed by atoms with Gasteiger partial charge in [-0.15, -0.1) is 11.3 Å². The Hall–Kier alpha value is -3.33. The Morgan fingerprint density at radius 1 is 1.22 bits per heavy atom. The summed E-state index contributed by atoms with van der Waals surface area (Å²) in [6.07, 6.45) is -1.07. The van der Waals surface area contributed by atoms with E-state index in [9.17, 15) is 14.4 Å². The van der Waals surface area contributed by atoms with Gasteiger partial charge >= 0.3 is 5.97 Å². The van der Waals surface area contributed by atoms with E-state index in [2.05, 4.69) is 10.3 Å². The number of anilines is 1. The molecule has 4 N–H and O–H groups in total. The first-order chi connectivity index (χ1) is 12.9. The Morgan fingerprint density at radius 3 is 2.70 bits per heavy atom. The van der Waals surface area contributed by atoms with Gasteiger partial charge in [0.2, 0.25) is 0 Å². The second-order valence-electron chi connectivity index (χ2n) is 5.70. The summed E-state index contributed by atoms with van der Waals surface area (Å²) in [7, 11) is 1.55. The van der Waals surface area contributed by atoms with Crippen molar-refractivity contribution in [1.29, 1.82) is 0 Å². The number of H-pyrrole nitrogens is 1. The average molecular weight is 387 g/mol. The monoisotopic (exact) mass is 387 g/mol. The maximum absolute atomic E-state index is 12.3. The molecular formula is C18H17N3O5S. The van der Waals surface area contributed by atoms with Crippen molar-refractivity contribution in [2.24, 2.45) is 5.73 Å². The number of rotatable bonds is 6. The highest BCUT2D eigenvalue weighted by Crippen LogP contribution is 2.24. The second kappa shape index (κ2) is 7.50. The smallest absolute Gasteiger partial charge is 0.355 e. The molecule has 0 saturated carbocycles. The van der Waals surface area contributed by atoms with Crippen molar-refractivity contribution >= 4 is 45.0 Å². The fraction of sp³-hybridized carbons (Fsp3) is 0.167. The number of nitrogens with one attached hydrogen (secondary N) is 2. The summed E-state index contributed by atoms with van der Waals surface area (Å²) in [5, 5.41) is 5.30. The van der Waals surface area contributed by atoms with Crippen molar-refractivity contribution in [3.63, 3.8) is 0 Å². The van der Waals surface area contributed by atoms with Crippen LogP contribution >= 0.6 is 11.3 Å². The number of hydrogen-bond acceptors (Lipinski definition) is 6. The molecule has 9 heteroatoms. The zero-order valence-corrected chi connectivity index (χ0v) is 15.4. The number of hydrogen-bond donors (Lipinski definition) is 3. The molecule has 2 heterocycles. The summed E-state index contributed by atoms with van der Waals surface area (Å²) in [6, 6.07) is 8.48. The third-order valence-corrected chi connectivity index (χ3v) is 4.70. The van der Waals surface area contributed by atoms with Crippen molar-refractivity contribution in [2.75, 3.05) is 12.4 Å². The van der Waals surface area contributed by atoms with Crippen LogP contribution in [-0.4, -0.2) is 36.0 Å². The van der Waals surface area contributed by atoms with Gasteiger partial charge in [-0.25, -0.2) is 4.79 Å². The van der Waals surface area contributed by atoms with Gasteiger partial charge in [-0.1, -0.05) is 0 Å². The van der Waals surface area contributed by atoms with Gasteiger partial charge in [0.25, 0.3) is 11.8 Å². The maximum atomic E-state index is 12.3. The first-order valence-electron chi connectivity index (χ1n) is 7.95. The number of thiophene rings is 1. The third kappa shape index (κ3) is 3.93. The molecule has 1 unspecified atom stereocenters. The zero-order valence-electron chi connectivity index (χ0n) is 14.6. The molecule has 27 heavy (non-hydrogen) atoms. The SMILES string of the molecule is COc1ccc2cc(C(=O)OC(C)C(=O)Nc3sccc3C(N)=O)[nH]c2c1. The fourth-order valence-electron chi connectivity index (χ4n) is 2.43. The molecule has 0 aliphatic carbocycles. The second-order valence-corrected chi connectivity index (χ2v) is 6.62. The van der Waals surface area contributed by atoms with Crippen LogP contribution in [0.4, 0.5) is 5.00 Å². The number of carbonyl (C=O) groups excluding carboxylic acids is 3. The minimum atomic E-state index is -1.07. The van der Waals surface area contributed by atoms with Crippen LogP contribution in [-0.2, 0) is 9.53 Å². The van der Waals surface area contributed by atoms with Gasteiger partial charge in [-0.2, -0.15) is 0 Å². The van der Waals surface area contributed by atoms with Crippen molar-refractivity contribution in [1.82, 2.24) is 4.98 Å². The number of carbonyl (C=O) groups is 3. The highest BCUT2D eigenvalue weighted by molar-refractivity contribution is 7.14. The predicted octanol–water partition coefficient (Wildman–Crippen LogP) is 2.52.